The van der Waals surface area contributed by atoms with Gasteiger partial charge >= 0.3 is 5.69 Å². The van der Waals surface area contributed by atoms with E-state index in [9.17, 15) is 8.42 Å². The third-order valence-corrected chi connectivity index (χ3v) is 4.30. The Morgan fingerprint density at radius 2 is 2.11 bits per heavy atom. The van der Waals surface area contributed by atoms with Crippen molar-refractivity contribution in [1.29, 1.82) is 5.39 Å². The molecule has 1 aliphatic carbocycles. The van der Waals surface area contributed by atoms with Crippen LogP contribution >= 0.6 is 0 Å². The second-order valence-electron chi connectivity index (χ2n) is 4.57. The van der Waals surface area contributed by atoms with Crippen molar-refractivity contribution in [1.82, 2.24) is 0 Å². The normalized spacial score (nSPS) is 18.8. The lowest BCUT2D eigenvalue weighted by Gasteiger charge is -2.29. The van der Waals surface area contributed by atoms with Gasteiger partial charge in [-0.2, -0.15) is 0 Å². The number of sulfonamides is 1. The van der Waals surface area contributed by atoms with E-state index in [0.717, 1.165) is 19.3 Å². The van der Waals surface area contributed by atoms with Crippen LogP contribution in [0.3, 0.4) is 0 Å². The second-order valence-corrected chi connectivity index (χ2v) is 6.43. The molecule has 0 fully saturated rings. The van der Waals surface area contributed by atoms with Crippen molar-refractivity contribution >= 4 is 21.4 Å². The third kappa shape index (κ3) is 2.93. The molecule has 0 spiro atoms. The number of nitrogens with zero attached hydrogens (tertiary/aromatic N) is 3. The minimum atomic E-state index is -3.44. The van der Waals surface area contributed by atoms with E-state index in [2.05, 4.69) is 4.98 Å². The SMILES string of the molecule is CS(=O)(=O)N(c1ccccc1[N+]#N)[C@@H]1C=CCCC1. The average Bonchev–Trinajstić information content (AvgIpc) is 2.39. The number of para-hydroxylation sites is 1. The molecule has 0 saturated heterocycles. The zero-order valence-corrected chi connectivity index (χ0v) is 11.5. The highest BCUT2D eigenvalue weighted by Crippen LogP contribution is 2.33. The Bertz CT molecular complexity index is 632. The van der Waals surface area contributed by atoms with E-state index in [4.69, 9.17) is 5.39 Å². The highest BCUT2D eigenvalue weighted by Gasteiger charge is 2.31. The molecule has 19 heavy (non-hydrogen) atoms. The fourth-order valence-electron chi connectivity index (χ4n) is 2.33. The van der Waals surface area contributed by atoms with E-state index in [1.807, 2.05) is 12.2 Å². The fourth-order valence-corrected chi connectivity index (χ4v) is 3.51. The molecule has 0 aromatic heterocycles. The molecule has 100 valence electrons. The summed E-state index contributed by atoms with van der Waals surface area (Å²) in [7, 11) is -3.44. The maximum Gasteiger partial charge on any atom is 0.409 e. The molecule has 1 aromatic carbocycles. The van der Waals surface area contributed by atoms with Crippen LogP contribution in [0.1, 0.15) is 19.3 Å². The number of anilines is 1. The van der Waals surface area contributed by atoms with Gasteiger partial charge in [0.05, 0.1) is 12.3 Å². The quantitative estimate of drug-likeness (QED) is 0.630. The van der Waals surface area contributed by atoms with E-state index >= 15 is 0 Å². The summed E-state index contributed by atoms with van der Waals surface area (Å²) in [6.07, 6.45) is 7.75. The summed E-state index contributed by atoms with van der Waals surface area (Å²) in [4.78, 5) is 3.17. The molecule has 5 nitrogen and oxygen atoms in total. The van der Waals surface area contributed by atoms with E-state index < -0.39 is 10.0 Å². The maximum absolute atomic E-state index is 12.1. The lowest BCUT2D eigenvalue weighted by Crippen LogP contribution is -2.39. The highest BCUT2D eigenvalue weighted by molar-refractivity contribution is 7.92. The van der Waals surface area contributed by atoms with Crippen molar-refractivity contribution in [2.75, 3.05) is 10.6 Å². The van der Waals surface area contributed by atoms with Gasteiger partial charge in [0.15, 0.2) is 4.98 Å². The summed E-state index contributed by atoms with van der Waals surface area (Å²) in [5.41, 5.74) is 0.663. The zero-order chi connectivity index (χ0) is 13.9. The molecule has 0 amide bonds. The lowest BCUT2D eigenvalue weighted by atomic mass is 10.0. The van der Waals surface area contributed by atoms with Crippen molar-refractivity contribution in [3.8, 4) is 0 Å². The summed E-state index contributed by atoms with van der Waals surface area (Å²) in [5, 5.41) is 9.02. The monoisotopic (exact) mass is 278 g/mol. The van der Waals surface area contributed by atoms with E-state index in [1.54, 1.807) is 24.3 Å². The lowest BCUT2D eigenvalue weighted by molar-refractivity contribution is 0.577. The molecule has 1 aromatic rings. The predicted octanol–water partition coefficient (Wildman–Crippen LogP) is 3.05. The van der Waals surface area contributed by atoms with Crippen LogP contribution in [-0.2, 0) is 10.0 Å². The van der Waals surface area contributed by atoms with Crippen molar-refractivity contribution < 1.29 is 8.42 Å². The molecule has 6 heteroatoms. The number of diazo groups is 1. The van der Waals surface area contributed by atoms with Gasteiger partial charge in [0.25, 0.3) is 0 Å². The number of benzene rings is 1. The molecule has 0 heterocycles. The maximum atomic E-state index is 12.1. The van der Waals surface area contributed by atoms with Crippen molar-refractivity contribution in [3.05, 3.63) is 41.4 Å². The first kappa shape index (κ1) is 13.6. The van der Waals surface area contributed by atoms with Gasteiger partial charge in [-0.25, -0.2) is 8.42 Å². The fraction of sp³-hybridized carbons (Fsp3) is 0.385. The predicted molar refractivity (Wildman–Crippen MR) is 75.3 cm³/mol. The molecule has 0 bridgehead atoms. The highest BCUT2D eigenvalue weighted by atomic mass is 32.2. The molecule has 0 N–H and O–H groups in total. The van der Waals surface area contributed by atoms with Gasteiger partial charge in [-0.15, -0.1) is 0 Å². The van der Waals surface area contributed by atoms with Gasteiger partial charge in [0.2, 0.25) is 15.4 Å². The van der Waals surface area contributed by atoms with Crippen molar-refractivity contribution in [2.24, 2.45) is 0 Å². The Morgan fingerprint density at radius 3 is 2.68 bits per heavy atom. The summed E-state index contributed by atoms with van der Waals surface area (Å²) in [5.74, 6) is 0. The molecule has 0 unspecified atom stereocenters. The third-order valence-electron chi connectivity index (χ3n) is 3.11. The molecule has 0 radical (unpaired) electrons. The van der Waals surface area contributed by atoms with Gasteiger partial charge in [-0.3, -0.25) is 4.31 Å². The molecular weight excluding hydrogens is 262 g/mol. The van der Waals surface area contributed by atoms with Crippen LogP contribution in [0.5, 0.6) is 0 Å². The van der Waals surface area contributed by atoms with Gasteiger partial charge in [-0.05, 0) is 25.3 Å². The second kappa shape index (κ2) is 5.41. The van der Waals surface area contributed by atoms with Gasteiger partial charge in [0.1, 0.15) is 5.69 Å². The molecule has 0 aliphatic heterocycles. The van der Waals surface area contributed by atoms with Gasteiger partial charge < -0.3 is 0 Å². The molecule has 0 saturated carbocycles. The van der Waals surface area contributed by atoms with E-state index in [1.165, 1.54) is 10.6 Å². The van der Waals surface area contributed by atoms with Crippen LogP contribution in [0.15, 0.2) is 36.4 Å². The number of rotatable bonds is 3. The van der Waals surface area contributed by atoms with E-state index in [-0.39, 0.29) is 11.7 Å². The zero-order valence-electron chi connectivity index (χ0n) is 10.7. The summed E-state index contributed by atoms with van der Waals surface area (Å²) >= 11 is 0. The first-order chi connectivity index (χ1) is 9.04. The van der Waals surface area contributed by atoms with Crippen LogP contribution in [0.2, 0.25) is 0 Å². The van der Waals surface area contributed by atoms with Crippen molar-refractivity contribution in [3.63, 3.8) is 0 Å². The summed E-state index contributed by atoms with van der Waals surface area (Å²) < 4.78 is 25.5. The van der Waals surface area contributed by atoms with Gasteiger partial charge in [0, 0.05) is 6.07 Å². The molecule has 2 rings (SSSR count). The van der Waals surface area contributed by atoms with Crippen molar-refractivity contribution in [2.45, 2.75) is 25.3 Å². The van der Waals surface area contributed by atoms with E-state index in [0.29, 0.717) is 5.69 Å². The summed E-state index contributed by atoms with van der Waals surface area (Å²) in [6, 6.07) is 6.45. The Kier molecular flexibility index (Phi) is 3.86. The largest absolute Gasteiger partial charge is 0.409 e. The van der Waals surface area contributed by atoms with Gasteiger partial charge in [-0.1, -0.05) is 24.3 Å². The van der Waals surface area contributed by atoms with Crippen LogP contribution in [-0.4, -0.2) is 20.7 Å². The molecule has 1 aliphatic rings. The number of hydrogen-bond donors (Lipinski definition) is 0. The summed E-state index contributed by atoms with van der Waals surface area (Å²) in [6.45, 7) is 0. The Balaban J connectivity index is 2.53. The number of hydrogen-bond acceptors (Lipinski definition) is 3. The minimum Gasteiger partial charge on any atom is -0.256 e. The Labute approximate surface area is 113 Å². The van der Waals surface area contributed by atoms with Crippen LogP contribution < -0.4 is 4.31 Å². The number of allylic oxidation sites excluding steroid dienone is 1. The smallest absolute Gasteiger partial charge is 0.256 e. The first-order valence-corrected chi connectivity index (χ1v) is 7.99. The molecular formula is C13H16N3O2S+. The van der Waals surface area contributed by atoms with Crippen LogP contribution in [0, 0.1) is 5.39 Å². The van der Waals surface area contributed by atoms with Crippen LogP contribution in [0.4, 0.5) is 11.4 Å². The standard InChI is InChI=1S/C13H16N3O2S/c1-19(17,18)16(11-7-3-2-4-8-11)13-10-6-5-9-12(13)15-14/h3,5-7,9-11H,2,4,8H2,1H3/q+1/t11-/m1/s1. The topological polar surface area (TPSA) is 65.5 Å². The Morgan fingerprint density at radius 1 is 1.37 bits per heavy atom. The molecule has 1 atom stereocenters. The Hall–Kier alpha value is -1.87. The minimum absolute atomic E-state index is 0.216. The first-order valence-electron chi connectivity index (χ1n) is 6.14. The van der Waals surface area contributed by atoms with Crippen LogP contribution in [0.25, 0.3) is 4.98 Å². The average molecular weight is 278 g/mol.